The Morgan fingerprint density at radius 3 is 3.00 bits per heavy atom. The Hall–Kier alpha value is -0.630. The van der Waals surface area contributed by atoms with E-state index in [9.17, 15) is 8.78 Å². The van der Waals surface area contributed by atoms with Gasteiger partial charge in [-0.1, -0.05) is 0 Å². The number of aromatic nitrogens is 1. The Balaban J connectivity index is 2.13. The van der Waals surface area contributed by atoms with E-state index >= 15 is 0 Å². The minimum atomic E-state index is -2.40. The highest BCUT2D eigenvalue weighted by Crippen LogP contribution is 2.10. The predicted molar refractivity (Wildman–Crippen MR) is 66.2 cm³/mol. The number of nitrogens with one attached hydrogen (secondary N) is 1. The third kappa shape index (κ3) is 6.95. The zero-order chi connectivity index (χ0) is 13.2. The molecule has 0 aliphatic carbocycles. The molecule has 0 unspecified atom stereocenters. The number of hydrogen-bond donors (Lipinski definition) is 1. The van der Waals surface area contributed by atoms with E-state index in [0.29, 0.717) is 19.6 Å². The summed E-state index contributed by atoms with van der Waals surface area (Å²) in [6, 6.07) is 0. The minimum Gasteiger partial charge on any atom is -0.383 e. The van der Waals surface area contributed by atoms with Gasteiger partial charge in [0, 0.05) is 32.0 Å². The van der Waals surface area contributed by atoms with Crippen LogP contribution in [0.25, 0.3) is 0 Å². The molecule has 104 valence electrons. The summed E-state index contributed by atoms with van der Waals surface area (Å²) in [5, 5.41) is 6.06. The van der Waals surface area contributed by atoms with Crippen molar-refractivity contribution in [2.24, 2.45) is 0 Å². The molecule has 0 saturated carbocycles. The molecule has 1 rings (SSSR count). The molecule has 0 spiro atoms. The molecule has 0 radical (unpaired) electrons. The molecule has 1 aromatic rings. The Kier molecular flexibility index (Phi) is 7.99. The molecule has 1 aromatic heterocycles. The molecule has 0 saturated heterocycles. The van der Waals surface area contributed by atoms with Crippen molar-refractivity contribution in [1.29, 1.82) is 0 Å². The standard InChI is InChI=1S/C11H18F2N2O2S/c1-16-5-3-14-6-9-8-18-11(15-9)2-4-17-7-10(12)13/h8,10,14H,2-7H2,1H3. The summed E-state index contributed by atoms with van der Waals surface area (Å²) in [5.74, 6) is 0. The van der Waals surface area contributed by atoms with Crippen molar-refractivity contribution in [1.82, 2.24) is 10.3 Å². The maximum Gasteiger partial charge on any atom is 0.261 e. The summed E-state index contributed by atoms with van der Waals surface area (Å²) in [6.07, 6.45) is -1.82. The van der Waals surface area contributed by atoms with Gasteiger partial charge in [0.25, 0.3) is 6.43 Å². The smallest absolute Gasteiger partial charge is 0.261 e. The van der Waals surface area contributed by atoms with Crippen molar-refractivity contribution >= 4 is 11.3 Å². The Morgan fingerprint density at radius 2 is 2.28 bits per heavy atom. The Morgan fingerprint density at radius 1 is 1.44 bits per heavy atom. The molecule has 18 heavy (non-hydrogen) atoms. The van der Waals surface area contributed by atoms with Crippen molar-refractivity contribution in [2.45, 2.75) is 19.4 Å². The van der Waals surface area contributed by atoms with Crippen molar-refractivity contribution in [3.05, 3.63) is 16.1 Å². The highest BCUT2D eigenvalue weighted by Gasteiger charge is 2.04. The molecule has 7 heteroatoms. The van der Waals surface area contributed by atoms with Gasteiger partial charge in [0.2, 0.25) is 0 Å². The van der Waals surface area contributed by atoms with Crippen molar-refractivity contribution in [3.8, 4) is 0 Å². The van der Waals surface area contributed by atoms with Crippen LogP contribution in [-0.4, -0.2) is 44.9 Å². The van der Waals surface area contributed by atoms with E-state index in [0.717, 1.165) is 17.2 Å². The molecule has 0 fully saturated rings. The molecule has 0 atom stereocenters. The fraction of sp³-hybridized carbons (Fsp3) is 0.727. The largest absolute Gasteiger partial charge is 0.383 e. The van der Waals surface area contributed by atoms with Crippen LogP contribution >= 0.6 is 11.3 Å². The van der Waals surface area contributed by atoms with E-state index in [4.69, 9.17) is 9.47 Å². The van der Waals surface area contributed by atoms with Gasteiger partial charge >= 0.3 is 0 Å². The average molecular weight is 280 g/mol. The van der Waals surface area contributed by atoms with Crippen LogP contribution in [0.2, 0.25) is 0 Å². The van der Waals surface area contributed by atoms with Crippen molar-refractivity contribution < 1.29 is 18.3 Å². The lowest BCUT2D eigenvalue weighted by atomic mass is 10.4. The molecule has 0 aliphatic rings. The van der Waals surface area contributed by atoms with Crippen molar-refractivity contribution in [3.63, 3.8) is 0 Å². The summed E-state index contributed by atoms with van der Waals surface area (Å²) in [5.41, 5.74) is 0.958. The molecule has 0 amide bonds. The molecular weight excluding hydrogens is 262 g/mol. The molecule has 1 heterocycles. The summed E-state index contributed by atoms with van der Waals surface area (Å²) in [7, 11) is 1.65. The molecule has 4 nitrogen and oxygen atoms in total. The van der Waals surface area contributed by atoms with Crippen LogP contribution < -0.4 is 5.32 Å². The van der Waals surface area contributed by atoms with Crippen LogP contribution in [0.1, 0.15) is 10.7 Å². The van der Waals surface area contributed by atoms with Gasteiger partial charge in [-0.3, -0.25) is 0 Å². The van der Waals surface area contributed by atoms with Crippen LogP contribution in [0.5, 0.6) is 0 Å². The number of hydrogen-bond acceptors (Lipinski definition) is 5. The summed E-state index contributed by atoms with van der Waals surface area (Å²) >= 11 is 1.52. The normalized spacial score (nSPS) is 11.3. The first kappa shape index (κ1) is 15.4. The lowest BCUT2D eigenvalue weighted by Crippen LogP contribution is -2.18. The highest BCUT2D eigenvalue weighted by atomic mass is 32.1. The summed E-state index contributed by atoms with van der Waals surface area (Å²) in [6.45, 7) is 1.92. The molecule has 0 bridgehead atoms. The van der Waals surface area contributed by atoms with Gasteiger partial charge in [0.05, 0.1) is 23.9 Å². The van der Waals surface area contributed by atoms with Gasteiger partial charge in [-0.2, -0.15) is 0 Å². The van der Waals surface area contributed by atoms with Gasteiger partial charge < -0.3 is 14.8 Å². The number of alkyl halides is 2. The molecule has 1 N–H and O–H groups in total. The zero-order valence-electron chi connectivity index (χ0n) is 10.3. The minimum absolute atomic E-state index is 0.286. The second kappa shape index (κ2) is 9.32. The summed E-state index contributed by atoms with van der Waals surface area (Å²) in [4.78, 5) is 4.37. The maximum absolute atomic E-state index is 11.8. The SMILES string of the molecule is COCCNCc1csc(CCOCC(F)F)n1. The second-order valence-corrected chi connectivity index (χ2v) is 4.56. The monoisotopic (exact) mass is 280 g/mol. The number of nitrogens with zero attached hydrogens (tertiary/aromatic N) is 1. The zero-order valence-corrected chi connectivity index (χ0v) is 11.1. The van der Waals surface area contributed by atoms with Crippen LogP contribution in [0.15, 0.2) is 5.38 Å². The van der Waals surface area contributed by atoms with Gasteiger partial charge in [-0.25, -0.2) is 13.8 Å². The highest BCUT2D eigenvalue weighted by molar-refractivity contribution is 7.09. The van der Waals surface area contributed by atoms with Gasteiger partial charge in [0.1, 0.15) is 6.61 Å². The fourth-order valence-corrected chi connectivity index (χ4v) is 2.05. The number of rotatable bonds is 10. The van der Waals surface area contributed by atoms with Gasteiger partial charge in [0.15, 0.2) is 0 Å². The lowest BCUT2D eigenvalue weighted by Gasteiger charge is -2.01. The molecular formula is C11H18F2N2O2S. The number of methoxy groups -OCH3 is 1. The van der Waals surface area contributed by atoms with Crippen LogP contribution in [0, 0.1) is 0 Å². The van der Waals surface area contributed by atoms with E-state index in [1.807, 2.05) is 5.38 Å². The van der Waals surface area contributed by atoms with Gasteiger partial charge in [-0.15, -0.1) is 11.3 Å². The van der Waals surface area contributed by atoms with E-state index in [1.54, 1.807) is 7.11 Å². The number of ether oxygens (including phenoxy) is 2. The average Bonchev–Trinajstić information content (AvgIpc) is 2.78. The molecule has 0 aliphatic heterocycles. The van der Waals surface area contributed by atoms with Crippen LogP contribution in [0.4, 0.5) is 8.78 Å². The van der Waals surface area contributed by atoms with Gasteiger partial charge in [-0.05, 0) is 0 Å². The lowest BCUT2D eigenvalue weighted by molar-refractivity contribution is 0.0187. The quantitative estimate of drug-likeness (QED) is 0.663. The number of thiazole rings is 1. The van der Waals surface area contributed by atoms with E-state index in [2.05, 4.69) is 10.3 Å². The van der Waals surface area contributed by atoms with E-state index in [1.165, 1.54) is 11.3 Å². The van der Waals surface area contributed by atoms with Crippen LogP contribution in [-0.2, 0) is 22.4 Å². The first-order valence-electron chi connectivity index (χ1n) is 5.71. The van der Waals surface area contributed by atoms with E-state index < -0.39 is 13.0 Å². The fourth-order valence-electron chi connectivity index (χ4n) is 1.27. The number of halogens is 2. The first-order chi connectivity index (χ1) is 8.72. The predicted octanol–water partition coefficient (Wildman–Crippen LogP) is 1.70. The second-order valence-electron chi connectivity index (χ2n) is 3.62. The Bertz CT molecular complexity index is 324. The third-order valence-electron chi connectivity index (χ3n) is 2.09. The van der Waals surface area contributed by atoms with E-state index in [-0.39, 0.29) is 6.61 Å². The molecule has 0 aromatic carbocycles. The van der Waals surface area contributed by atoms with Crippen molar-refractivity contribution in [2.75, 3.05) is 33.5 Å². The topological polar surface area (TPSA) is 43.4 Å². The maximum atomic E-state index is 11.8. The first-order valence-corrected chi connectivity index (χ1v) is 6.59. The third-order valence-corrected chi connectivity index (χ3v) is 3.05. The Labute approximate surface area is 109 Å². The van der Waals surface area contributed by atoms with Crippen LogP contribution in [0.3, 0.4) is 0 Å². The summed E-state index contributed by atoms with van der Waals surface area (Å²) < 4.78 is 33.3.